The fourth-order valence-corrected chi connectivity index (χ4v) is 2.60. The minimum Gasteiger partial charge on any atom is -0.485 e. The van der Waals surface area contributed by atoms with Gasteiger partial charge in [-0.2, -0.15) is 0 Å². The number of amides is 1. The number of nitrogens with zero attached hydrogens (tertiary/aromatic N) is 1. The van der Waals surface area contributed by atoms with E-state index in [0.717, 1.165) is 6.29 Å². The summed E-state index contributed by atoms with van der Waals surface area (Å²) in [4.78, 5) is 36.5. The molecule has 0 bridgehead atoms. The Morgan fingerprint density at radius 3 is 2.68 bits per heavy atom. The highest BCUT2D eigenvalue weighted by atomic mass is 16.5. The highest BCUT2D eigenvalue weighted by Gasteiger charge is 2.25. The number of carbonyl (C=O) groups is 3. The van der Waals surface area contributed by atoms with E-state index in [0.29, 0.717) is 34.9 Å². The van der Waals surface area contributed by atoms with Gasteiger partial charge in [-0.25, -0.2) is 0 Å². The third-order valence-electron chi connectivity index (χ3n) is 3.93. The summed E-state index contributed by atoms with van der Waals surface area (Å²) >= 11 is 0. The standard InChI is InChI=1S/C19H17NO5/c1-2-20-16-9-14(5-8-18(16)25-12-19(20)23)17(22)11-24-15-6-3-13(10-21)4-7-15/h3-10H,2,11-12H2,1H3. The summed E-state index contributed by atoms with van der Waals surface area (Å²) < 4.78 is 10.9. The molecule has 0 saturated heterocycles. The highest BCUT2D eigenvalue weighted by Crippen LogP contribution is 2.32. The van der Waals surface area contributed by atoms with Crippen LogP contribution in [0.1, 0.15) is 27.6 Å². The molecule has 1 heterocycles. The average Bonchev–Trinajstić information content (AvgIpc) is 2.66. The van der Waals surface area contributed by atoms with E-state index in [1.54, 1.807) is 47.4 Å². The van der Waals surface area contributed by atoms with Gasteiger partial charge in [0.1, 0.15) is 17.8 Å². The van der Waals surface area contributed by atoms with E-state index in [9.17, 15) is 14.4 Å². The number of rotatable bonds is 6. The van der Waals surface area contributed by atoms with Crippen molar-refractivity contribution in [2.24, 2.45) is 0 Å². The summed E-state index contributed by atoms with van der Waals surface area (Å²) in [7, 11) is 0. The summed E-state index contributed by atoms with van der Waals surface area (Å²) in [5.41, 5.74) is 1.58. The van der Waals surface area contributed by atoms with Gasteiger partial charge in [0, 0.05) is 17.7 Å². The number of ketones is 1. The number of hydrogen-bond donors (Lipinski definition) is 0. The van der Waals surface area contributed by atoms with Crippen LogP contribution >= 0.6 is 0 Å². The highest BCUT2D eigenvalue weighted by molar-refractivity contribution is 6.02. The van der Waals surface area contributed by atoms with Crippen LogP contribution < -0.4 is 14.4 Å². The quantitative estimate of drug-likeness (QED) is 0.597. The first kappa shape index (κ1) is 16.7. The molecule has 128 valence electrons. The van der Waals surface area contributed by atoms with Gasteiger partial charge >= 0.3 is 0 Å². The SMILES string of the molecule is CCN1C(=O)COc2ccc(C(=O)COc3ccc(C=O)cc3)cc21. The van der Waals surface area contributed by atoms with Gasteiger partial charge in [-0.3, -0.25) is 14.4 Å². The zero-order valence-electron chi connectivity index (χ0n) is 13.7. The van der Waals surface area contributed by atoms with E-state index in [1.165, 1.54) is 0 Å². The molecule has 0 aromatic heterocycles. The Labute approximate surface area is 145 Å². The molecule has 1 amide bonds. The van der Waals surface area contributed by atoms with Crippen molar-refractivity contribution in [3.05, 3.63) is 53.6 Å². The lowest BCUT2D eigenvalue weighted by Gasteiger charge is -2.28. The van der Waals surface area contributed by atoms with E-state index in [1.807, 2.05) is 6.92 Å². The number of fused-ring (bicyclic) bond motifs is 1. The smallest absolute Gasteiger partial charge is 0.265 e. The molecule has 0 atom stereocenters. The molecular weight excluding hydrogens is 322 g/mol. The molecular formula is C19H17NO5. The fraction of sp³-hybridized carbons (Fsp3) is 0.211. The van der Waals surface area contributed by atoms with Gasteiger partial charge in [0.05, 0.1) is 5.69 Å². The van der Waals surface area contributed by atoms with Gasteiger partial charge in [0.25, 0.3) is 5.91 Å². The Bertz CT molecular complexity index is 813. The van der Waals surface area contributed by atoms with Crippen LogP contribution in [0.25, 0.3) is 0 Å². The Kier molecular flexibility index (Phi) is 4.79. The van der Waals surface area contributed by atoms with Crippen LogP contribution in [0.5, 0.6) is 11.5 Å². The van der Waals surface area contributed by atoms with Crippen molar-refractivity contribution < 1.29 is 23.9 Å². The summed E-state index contributed by atoms with van der Waals surface area (Å²) in [6.07, 6.45) is 0.741. The first-order valence-electron chi connectivity index (χ1n) is 7.91. The second kappa shape index (κ2) is 7.17. The van der Waals surface area contributed by atoms with Gasteiger partial charge in [0.2, 0.25) is 0 Å². The van der Waals surface area contributed by atoms with Crippen LogP contribution in [-0.4, -0.2) is 37.7 Å². The van der Waals surface area contributed by atoms with Crippen molar-refractivity contribution in [3.63, 3.8) is 0 Å². The van der Waals surface area contributed by atoms with E-state index >= 15 is 0 Å². The summed E-state index contributed by atoms with van der Waals surface area (Å²) in [5, 5.41) is 0. The van der Waals surface area contributed by atoms with Crippen molar-refractivity contribution in [1.82, 2.24) is 0 Å². The summed E-state index contributed by atoms with van der Waals surface area (Å²) in [5.74, 6) is 0.747. The Morgan fingerprint density at radius 2 is 2.00 bits per heavy atom. The predicted octanol–water partition coefficient (Wildman–Crippen LogP) is 2.51. The Balaban J connectivity index is 1.73. The third-order valence-corrected chi connectivity index (χ3v) is 3.93. The number of carbonyl (C=O) groups excluding carboxylic acids is 3. The molecule has 6 nitrogen and oxygen atoms in total. The van der Waals surface area contributed by atoms with Crippen LogP contribution in [0.2, 0.25) is 0 Å². The fourth-order valence-electron chi connectivity index (χ4n) is 2.60. The zero-order chi connectivity index (χ0) is 17.8. The molecule has 0 saturated carbocycles. The molecule has 0 spiro atoms. The monoisotopic (exact) mass is 339 g/mol. The Morgan fingerprint density at radius 1 is 1.24 bits per heavy atom. The molecule has 6 heteroatoms. The number of ether oxygens (including phenoxy) is 2. The minimum atomic E-state index is -0.212. The van der Waals surface area contributed by atoms with Gasteiger partial charge in [0.15, 0.2) is 19.0 Å². The first-order chi connectivity index (χ1) is 12.1. The topological polar surface area (TPSA) is 72.9 Å². The lowest BCUT2D eigenvalue weighted by molar-refractivity contribution is -0.121. The molecule has 1 aliphatic heterocycles. The molecule has 0 fully saturated rings. The molecule has 0 radical (unpaired) electrons. The van der Waals surface area contributed by atoms with E-state index < -0.39 is 0 Å². The van der Waals surface area contributed by atoms with Crippen LogP contribution in [0, 0.1) is 0 Å². The first-order valence-corrected chi connectivity index (χ1v) is 7.91. The second-order valence-corrected chi connectivity index (χ2v) is 5.51. The lowest BCUT2D eigenvalue weighted by Crippen LogP contribution is -2.38. The van der Waals surface area contributed by atoms with E-state index in [2.05, 4.69) is 0 Å². The second-order valence-electron chi connectivity index (χ2n) is 5.51. The Hall–Kier alpha value is -3.15. The molecule has 0 unspecified atom stereocenters. The minimum absolute atomic E-state index is 0.00796. The molecule has 2 aromatic carbocycles. The number of likely N-dealkylation sites (N-methyl/N-ethyl adjacent to an activating group) is 1. The molecule has 25 heavy (non-hydrogen) atoms. The third kappa shape index (κ3) is 3.52. The average molecular weight is 339 g/mol. The van der Waals surface area contributed by atoms with Crippen molar-refractivity contribution >= 4 is 23.7 Å². The van der Waals surface area contributed by atoms with Gasteiger partial charge < -0.3 is 14.4 Å². The molecule has 3 rings (SSSR count). The number of benzene rings is 2. The van der Waals surface area contributed by atoms with Crippen LogP contribution in [0.15, 0.2) is 42.5 Å². The maximum atomic E-state index is 12.4. The number of aldehydes is 1. The van der Waals surface area contributed by atoms with Crippen LogP contribution in [0.3, 0.4) is 0 Å². The number of hydrogen-bond acceptors (Lipinski definition) is 5. The number of Topliss-reactive ketones (excluding diaryl/α,β-unsaturated/α-hetero) is 1. The van der Waals surface area contributed by atoms with Gasteiger partial charge in [-0.05, 0) is 49.4 Å². The van der Waals surface area contributed by atoms with Crippen molar-refractivity contribution in [1.29, 1.82) is 0 Å². The molecule has 0 aliphatic carbocycles. The summed E-state index contributed by atoms with van der Waals surface area (Å²) in [6.45, 7) is 2.24. The molecule has 1 aliphatic rings. The predicted molar refractivity (Wildman–Crippen MR) is 91.6 cm³/mol. The molecule has 2 aromatic rings. The van der Waals surface area contributed by atoms with Crippen molar-refractivity contribution in [3.8, 4) is 11.5 Å². The zero-order valence-corrected chi connectivity index (χ0v) is 13.7. The normalized spacial score (nSPS) is 13.0. The lowest BCUT2D eigenvalue weighted by atomic mass is 10.1. The van der Waals surface area contributed by atoms with Crippen LogP contribution in [0.4, 0.5) is 5.69 Å². The maximum Gasteiger partial charge on any atom is 0.265 e. The largest absolute Gasteiger partial charge is 0.485 e. The molecule has 0 N–H and O–H groups in total. The van der Waals surface area contributed by atoms with Crippen molar-refractivity contribution in [2.45, 2.75) is 6.92 Å². The van der Waals surface area contributed by atoms with E-state index in [-0.39, 0.29) is 24.9 Å². The van der Waals surface area contributed by atoms with E-state index in [4.69, 9.17) is 9.47 Å². The summed E-state index contributed by atoms with van der Waals surface area (Å²) in [6, 6.07) is 11.5. The maximum absolute atomic E-state index is 12.4. The van der Waals surface area contributed by atoms with Gasteiger partial charge in [-0.15, -0.1) is 0 Å². The van der Waals surface area contributed by atoms with Gasteiger partial charge in [-0.1, -0.05) is 0 Å². The van der Waals surface area contributed by atoms with Crippen molar-refractivity contribution in [2.75, 3.05) is 24.7 Å². The number of anilines is 1. The van der Waals surface area contributed by atoms with Crippen LogP contribution in [-0.2, 0) is 4.79 Å².